The number of likely N-dealkylation sites (N-methyl/N-ethyl adjacent to an activating group) is 1. The predicted molar refractivity (Wildman–Crippen MR) is 120 cm³/mol. The van der Waals surface area contributed by atoms with Crippen LogP contribution in [0.1, 0.15) is 31.9 Å². The molecule has 3 aliphatic heterocycles. The number of hydrogen-bond acceptors (Lipinski definition) is 4. The maximum atomic E-state index is 13.7. The second kappa shape index (κ2) is 9.11. The quantitative estimate of drug-likeness (QED) is 0.731. The van der Waals surface area contributed by atoms with Crippen molar-refractivity contribution in [2.24, 2.45) is 5.92 Å². The molecule has 8 nitrogen and oxygen atoms in total. The number of nitrogens with zero attached hydrogens (tertiary/aromatic N) is 3. The molecule has 1 fully saturated rings. The molecule has 0 unspecified atom stereocenters. The van der Waals surface area contributed by atoms with E-state index in [9.17, 15) is 14.4 Å². The zero-order valence-electron chi connectivity index (χ0n) is 18.6. The number of nitrogens with one attached hydrogen (secondary N) is 1. The maximum absolute atomic E-state index is 13.7. The molecular weight excluding hydrogens is 432 g/mol. The third-order valence-corrected chi connectivity index (χ3v) is 6.63. The number of morpholine rings is 1. The average molecular weight is 461 g/mol. The van der Waals surface area contributed by atoms with Gasteiger partial charge in [0.15, 0.2) is 0 Å². The van der Waals surface area contributed by atoms with Crippen LogP contribution < -0.4 is 5.32 Å². The second-order valence-electron chi connectivity index (χ2n) is 8.84. The Hall–Kier alpha value is -2.58. The van der Waals surface area contributed by atoms with Gasteiger partial charge in [0.05, 0.1) is 37.1 Å². The van der Waals surface area contributed by atoms with Crippen LogP contribution in [0.4, 0.5) is 4.79 Å². The highest BCUT2D eigenvalue weighted by molar-refractivity contribution is 6.31. The minimum absolute atomic E-state index is 0.0635. The Kier molecular flexibility index (Phi) is 6.44. The third-order valence-electron chi connectivity index (χ3n) is 6.28. The van der Waals surface area contributed by atoms with Crippen LogP contribution in [0.15, 0.2) is 35.5 Å². The van der Waals surface area contributed by atoms with E-state index in [1.165, 1.54) is 4.90 Å². The first-order valence-corrected chi connectivity index (χ1v) is 11.4. The molecule has 0 aliphatic carbocycles. The van der Waals surface area contributed by atoms with E-state index < -0.39 is 12.1 Å². The molecule has 1 aromatic carbocycles. The molecule has 2 atom stereocenters. The largest absolute Gasteiger partial charge is 0.378 e. The van der Waals surface area contributed by atoms with E-state index in [2.05, 4.69) is 5.32 Å². The number of rotatable bonds is 5. The van der Waals surface area contributed by atoms with Crippen molar-refractivity contribution in [3.8, 4) is 0 Å². The fraction of sp³-hybridized carbons (Fsp3) is 0.522. The Morgan fingerprint density at radius 3 is 2.56 bits per heavy atom. The van der Waals surface area contributed by atoms with Crippen LogP contribution in [-0.4, -0.2) is 78.5 Å². The molecule has 1 saturated heterocycles. The molecule has 0 bridgehead atoms. The van der Waals surface area contributed by atoms with Crippen molar-refractivity contribution >= 4 is 29.4 Å². The first kappa shape index (κ1) is 22.6. The lowest BCUT2D eigenvalue weighted by atomic mass is 9.95. The van der Waals surface area contributed by atoms with Crippen molar-refractivity contribution in [3.05, 3.63) is 46.1 Å². The first-order valence-electron chi connectivity index (χ1n) is 11.0. The molecule has 172 valence electrons. The molecule has 4 rings (SSSR count). The van der Waals surface area contributed by atoms with E-state index in [0.29, 0.717) is 54.6 Å². The molecule has 9 heteroatoms. The second-order valence-corrected chi connectivity index (χ2v) is 9.25. The lowest BCUT2D eigenvalue weighted by Crippen LogP contribution is -2.53. The standard InChI is InChI=1S/C23H29ClN4O4/c1-14(2)12-17(21(29)27-8-10-32-11-9-27)28-13-18-19(22(28)30)20(25-23(31)26(18)3)15-6-4-5-7-16(15)24/h4-7,14,17,20H,8-13H2,1-3H3,(H,25,31)/t17-,20-/m0/s1. The lowest BCUT2D eigenvalue weighted by molar-refractivity contribution is -0.146. The number of amides is 4. The van der Waals surface area contributed by atoms with Gasteiger partial charge in [0.2, 0.25) is 5.91 Å². The number of ether oxygens (including phenoxy) is 1. The minimum atomic E-state index is -0.655. The van der Waals surface area contributed by atoms with Gasteiger partial charge >= 0.3 is 6.03 Å². The lowest BCUT2D eigenvalue weighted by Gasteiger charge is -2.35. The number of hydrogen-bond donors (Lipinski definition) is 1. The number of halogens is 1. The summed E-state index contributed by atoms with van der Waals surface area (Å²) >= 11 is 6.41. The van der Waals surface area contributed by atoms with E-state index in [1.54, 1.807) is 29.0 Å². The highest BCUT2D eigenvalue weighted by Crippen LogP contribution is 2.39. The Bertz CT molecular complexity index is 957. The average Bonchev–Trinajstić information content (AvgIpc) is 3.12. The third kappa shape index (κ3) is 4.09. The van der Waals surface area contributed by atoms with Crippen LogP contribution in [0.25, 0.3) is 0 Å². The smallest absolute Gasteiger partial charge is 0.322 e. The Labute approximate surface area is 193 Å². The summed E-state index contributed by atoms with van der Waals surface area (Å²) in [7, 11) is 1.64. The molecule has 3 aliphatic rings. The summed E-state index contributed by atoms with van der Waals surface area (Å²) in [5, 5.41) is 3.38. The summed E-state index contributed by atoms with van der Waals surface area (Å²) in [4.78, 5) is 44.8. The topological polar surface area (TPSA) is 82.2 Å². The highest BCUT2D eigenvalue weighted by atomic mass is 35.5. The van der Waals surface area contributed by atoms with Gasteiger partial charge in [-0.05, 0) is 24.0 Å². The van der Waals surface area contributed by atoms with Crippen LogP contribution in [0.3, 0.4) is 0 Å². The molecule has 4 amide bonds. The van der Waals surface area contributed by atoms with Crippen LogP contribution in [0, 0.1) is 5.92 Å². The SMILES string of the molecule is CC(C)C[C@@H](C(=O)N1CCOCC1)N1CC2=C(C1=O)[C@H](c1ccccc1Cl)NC(=O)N2C. The van der Waals surface area contributed by atoms with E-state index in [4.69, 9.17) is 16.3 Å². The van der Waals surface area contributed by atoms with Crippen molar-refractivity contribution in [2.45, 2.75) is 32.4 Å². The fourth-order valence-corrected chi connectivity index (χ4v) is 4.83. The fourth-order valence-electron chi connectivity index (χ4n) is 4.58. The molecule has 1 aromatic rings. The van der Waals surface area contributed by atoms with Gasteiger partial charge in [-0.15, -0.1) is 0 Å². The minimum Gasteiger partial charge on any atom is -0.378 e. The summed E-state index contributed by atoms with van der Waals surface area (Å²) < 4.78 is 5.39. The van der Waals surface area contributed by atoms with Crippen molar-refractivity contribution in [1.29, 1.82) is 0 Å². The van der Waals surface area contributed by atoms with Gasteiger partial charge in [0.25, 0.3) is 5.91 Å². The number of carbonyl (C=O) groups excluding carboxylic acids is 3. The molecule has 0 aromatic heterocycles. The van der Waals surface area contributed by atoms with Crippen LogP contribution in [-0.2, 0) is 14.3 Å². The van der Waals surface area contributed by atoms with Crippen LogP contribution in [0.2, 0.25) is 5.02 Å². The van der Waals surface area contributed by atoms with Crippen LogP contribution >= 0.6 is 11.6 Å². The maximum Gasteiger partial charge on any atom is 0.322 e. The summed E-state index contributed by atoms with van der Waals surface area (Å²) in [5.74, 6) is -0.0808. The van der Waals surface area contributed by atoms with Gasteiger partial charge in [0.1, 0.15) is 6.04 Å². The van der Waals surface area contributed by atoms with E-state index >= 15 is 0 Å². The Balaban J connectivity index is 1.68. The number of carbonyl (C=O) groups is 3. The summed E-state index contributed by atoms with van der Waals surface area (Å²) in [5.41, 5.74) is 1.76. The van der Waals surface area contributed by atoms with Gasteiger partial charge < -0.3 is 19.9 Å². The Morgan fingerprint density at radius 2 is 1.91 bits per heavy atom. The van der Waals surface area contributed by atoms with Gasteiger partial charge in [-0.2, -0.15) is 0 Å². The zero-order valence-corrected chi connectivity index (χ0v) is 19.4. The molecule has 0 spiro atoms. The predicted octanol–water partition coefficient (Wildman–Crippen LogP) is 2.41. The van der Waals surface area contributed by atoms with Gasteiger partial charge in [-0.25, -0.2) is 4.79 Å². The van der Waals surface area contributed by atoms with Crippen molar-refractivity contribution < 1.29 is 19.1 Å². The highest BCUT2D eigenvalue weighted by Gasteiger charge is 2.47. The zero-order chi connectivity index (χ0) is 23.0. The first-order chi connectivity index (χ1) is 15.3. The van der Waals surface area contributed by atoms with Crippen molar-refractivity contribution in [1.82, 2.24) is 20.0 Å². The van der Waals surface area contributed by atoms with Crippen molar-refractivity contribution in [3.63, 3.8) is 0 Å². The molecule has 32 heavy (non-hydrogen) atoms. The Morgan fingerprint density at radius 1 is 1.22 bits per heavy atom. The van der Waals surface area contributed by atoms with Gasteiger partial charge in [-0.1, -0.05) is 43.6 Å². The number of benzene rings is 1. The van der Waals surface area contributed by atoms with E-state index in [-0.39, 0.29) is 30.3 Å². The van der Waals surface area contributed by atoms with Crippen LogP contribution in [0.5, 0.6) is 0 Å². The summed E-state index contributed by atoms with van der Waals surface area (Å²) in [6.07, 6.45) is 0.546. The number of urea groups is 1. The summed E-state index contributed by atoms with van der Waals surface area (Å²) in [6.45, 7) is 6.33. The normalized spacial score (nSPS) is 22.4. The van der Waals surface area contributed by atoms with Gasteiger partial charge in [-0.3, -0.25) is 14.5 Å². The van der Waals surface area contributed by atoms with Gasteiger partial charge in [0, 0.05) is 25.2 Å². The molecule has 3 heterocycles. The molecule has 0 radical (unpaired) electrons. The summed E-state index contributed by atoms with van der Waals surface area (Å²) in [6, 6.07) is 5.63. The molecule has 1 N–H and O–H groups in total. The van der Waals surface area contributed by atoms with E-state index in [1.807, 2.05) is 26.0 Å². The monoisotopic (exact) mass is 460 g/mol. The van der Waals surface area contributed by atoms with E-state index in [0.717, 1.165) is 0 Å². The van der Waals surface area contributed by atoms with Crippen molar-refractivity contribution in [2.75, 3.05) is 39.9 Å². The molecule has 0 saturated carbocycles. The molecular formula is C23H29ClN4O4.